The molecule has 2 atom stereocenters. The van der Waals surface area contributed by atoms with E-state index in [0.29, 0.717) is 24.4 Å². The lowest BCUT2D eigenvalue weighted by atomic mass is 9.82. The zero-order valence-corrected chi connectivity index (χ0v) is 16.7. The highest BCUT2D eigenvalue weighted by Crippen LogP contribution is 2.44. The number of anilines is 1. The van der Waals surface area contributed by atoms with Gasteiger partial charge in [0.25, 0.3) is 0 Å². The van der Waals surface area contributed by atoms with Crippen molar-refractivity contribution >= 4 is 33.3 Å². The monoisotopic (exact) mass is 420 g/mol. The van der Waals surface area contributed by atoms with E-state index in [0.717, 1.165) is 17.8 Å². The van der Waals surface area contributed by atoms with Crippen molar-refractivity contribution in [2.45, 2.75) is 36.1 Å². The summed E-state index contributed by atoms with van der Waals surface area (Å²) in [5.74, 6) is -0.615. The van der Waals surface area contributed by atoms with Gasteiger partial charge in [0, 0.05) is 35.8 Å². The third kappa shape index (κ3) is 3.74. The predicted octanol–water partition coefficient (Wildman–Crippen LogP) is 3.01. The number of nitrogens with zero attached hydrogens (tertiary/aromatic N) is 1. The fourth-order valence-corrected chi connectivity index (χ4v) is 5.67. The number of nitrogens with one attached hydrogen (secondary N) is 1. The van der Waals surface area contributed by atoms with E-state index in [4.69, 9.17) is 16.7 Å². The van der Waals surface area contributed by atoms with E-state index in [9.17, 15) is 13.2 Å². The Morgan fingerprint density at radius 3 is 2.68 bits per heavy atom. The number of carboxylic acids is 1. The van der Waals surface area contributed by atoms with Crippen LogP contribution in [0.25, 0.3) is 0 Å². The number of carbonyl (C=O) groups is 1. The van der Waals surface area contributed by atoms with E-state index in [-0.39, 0.29) is 23.3 Å². The molecule has 4 rings (SSSR count). The number of carboxylic acid groups (broad SMARTS) is 1. The molecule has 0 spiro atoms. The van der Waals surface area contributed by atoms with Gasteiger partial charge < -0.3 is 10.0 Å². The molecule has 0 bridgehead atoms. The van der Waals surface area contributed by atoms with Gasteiger partial charge >= 0.3 is 5.97 Å². The van der Waals surface area contributed by atoms with E-state index in [1.54, 1.807) is 12.1 Å². The molecule has 2 unspecified atom stereocenters. The van der Waals surface area contributed by atoms with Crippen LogP contribution in [0.4, 0.5) is 5.69 Å². The SMILES string of the molecule is O=C(O)CCN1CC2CC(NS(=O)(=O)c3ccc(Cl)cc3)Cc3cccc1c32. The van der Waals surface area contributed by atoms with Crippen molar-refractivity contribution in [3.63, 3.8) is 0 Å². The molecular weight excluding hydrogens is 400 g/mol. The van der Waals surface area contributed by atoms with E-state index in [2.05, 4.69) is 9.62 Å². The van der Waals surface area contributed by atoms with Crippen LogP contribution in [0.3, 0.4) is 0 Å². The van der Waals surface area contributed by atoms with Gasteiger partial charge in [-0.05, 0) is 54.3 Å². The average molecular weight is 421 g/mol. The van der Waals surface area contributed by atoms with Crippen LogP contribution in [0.5, 0.6) is 0 Å². The standard InChI is InChI=1S/C20H21ClN2O4S/c21-15-4-6-17(7-5-15)28(26,27)22-16-10-13-2-1-3-18-20(13)14(11-16)12-23(18)9-8-19(24)25/h1-7,14,16,22H,8-12H2,(H,24,25). The molecule has 28 heavy (non-hydrogen) atoms. The molecule has 148 valence electrons. The molecular formula is C20H21ClN2O4S. The first-order chi connectivity index (χ1) is 13.3. The third-order valence-corrected chi connectivity index (χ3v) is 7.23. The summed E-state index contributed by atoms with van der Waals surface area (Å²) in [6, 6.07) is 12.0. The van der Waals surface area contributed by atoms with Crippen molar-refractivity contribution < 1.29 is 18.3 Å². The number of aliphatic carboxylic acids is 1. The number of hydrogen-bond donors (Lipinski definition) is 2. The lowest BCUT2D eigenvalue weighted by molar-refractivity contribution is -0.136. The largest absolute Gasteiger partial charge is 0.481 e. The quantitative estimate of drug-likeness (QED) is 0.750. The van der Waals surface area contributed by atoms with E-state index in [1.165, 1.54) is 17.7 Å². The van der Waals surface area contributed by atoms with Crippen LogP contribution in [0.2, 0.25) is 5.02 Å². The molecule has 1 aliphatic carbocycles. The zero-order valence-electron chi connectivity index (χ0n) is 15.1. The van der Waals surface area contributed by atoms with Crippen molar-refractivity contribution in [1.29, 1.82) is 0 Å². The summed E-state index contributed by atoms with van der Waals surface area (Å²) in [7, 11) is -3.63. The zero-order chi connectivity index (χ0) is 19.9. The van der Waals surface area contributed by atoms with Gasteiger partial charge in [-0.2, -0.15) is 0 Å². The van der Waals surface area contributed by atoms with E-state index < -0.39 is 16.0 Å². The highest BCUT2D eigenvalue weighted by molar-refractivity contribution is 7.89. The molecule has 2 aromatic rings. The molecule has 0 radical (unpaired) electrons. The Morgan fingerprint density at radius 1 is 1.21 bits per heavy atom. The van der Waals surface area contributed by atoms with Crippen LogP contribution in [-0.2, 0) is 21.2 Å². The average Bonchev–Trinajstić information content (AvgIpc) is 2.99. The highest BCUT2D eigenvalue weighted by atomic mass is 35.5. The second kappa shape index (κ2) is 7.39. The van der Waals surface area contributed by atoms with Crippen LogP contribution in [0, 0.1) is 0 Å². The summed E-state index contributed by atoms with van der Waals surface area (Å²) in [6.45, 7) is 1.18. The lowest BCUT2D eigenvalue weighted by Crippen LogP contribution is -2.40. The minimum Gasteiger partial charge on any atom is -0.481 e. The van der Waals surface area contributed by atoms with Crippen LogP contribution in [0.1, 0.15) is 29.9 Å². The smallest absolute Gasteiger partial charge is 0.305 e. The van der Waals surface area contributed by atoms with Gasteiger partial charge in [0.15, 0.2) is 0 Å². The maximum Gasteiger partial charge on any atom is 0.305 e. The summed E-state index contributed by atoms with van der Waals surface area (Å²) < 4.78 is 28.3. The van der Waals surface area contributed by atoms with E-state index >= 15 is 0 Å². The Morgan fingerprint density at radius 2 is 1.96 bits per heavy atom. The summed E-state index contributed by atoms with van der Waals surface area (Å²) in [6.07, 6.45) is 1.41. The number of halogens is 1. The number of sulfonamides is 1. The number of benzene rings is 2. The van der Waals surface area contributed by atoms with Crippen molar-refractivity contribution in [1.82, 2.24) is 4.72 Å². The topological polar surface area (TPSA) is 86.7 Å². The van der Waals surface area contributed by atoms with Gasteiger partial charge in [-0.3, -0.25) is 4.79 Å². The van der Waals surface area contributed by atoms with Crippen LogP contribution < -0.4 is 9.62 Å². The summed E-state index contributed by atoms with van der Waals surface area (Å²) in [4.78, 5) is 13.3. The summed E-state index contributed by atoms with van der Waals surface area (Å²) in [5.41, 5.74) is 3.47. The van der Waals surface area contributed by atoms with Crippen molar-refractivity contribution in [2.24, 2.45) is 0 Å². The molecule has 0 fully saturated rings. The second-order valence-corrected chi connectivity index (χ2v) is 9.50. The molecule has 6 nitrogen and oxygen atoms in total. The maximum atomic E-state index is 12.7. The summed E-state index contributed by atoms with van der Waals surface area (Å²) in [5, 5.41) is 9.49. The summed E-state index contributed by atoms with van der Waals surface area (Å²) >= 11 is 5.86. The molecule has 1 heterocycles. The van der Waals surface area contributed by atoms with Crippen LogP contribution in [0.15, 0.2) is 47.4 Å². The van der Waals surface area contributed by atoms with Gasteiger partial charge in [-0.1, -0.05) is 23.7 Å². The molecule has 0 saturated carbocycles. The Hall–Kier alpha value is -2.09. The first-order valence-electron chi connectivity index (χ1n) is 9.20. The van der Waals surface area contributed by atoms with Gasteiger partial charge in [0.1, 0.15) is 0 Å². The minimum absolute atomic E-state index is 0.0863. The molecule has 8 heteroatoms. The van der Waals surface area contributed by atoms with Crippen molar-refractivity contribution in [3.8, 4) is 0 Å². The Bertz CT molecular complexity index is 1010. The van der Waals surface area contributed by atoms with Crippen molar-refractivity contribution in [2.75, 3.05) is 18.0 Å². The molecule has 2 aromatic carbocycles. The maximum absolute atomic E-state index is 12.7. The lowest BCUT2D eigenvalue weighted by Gasteiger charge is -2.29. The Kier molecular flexibility index (Phi) is 5.07. The fraction of sp³-hybridized carbons (Fsp3) is 0.350. The minimum atomic E-state index is -3.63. The molecule has 2 N–H and O–H groups in total. The predicted molar refractivity (Wildman–Crippen MR) is 108 cm³/mol. The Labute approximate surface area is 169 Å². The molecule has 0 amide bonds. The first-order valence-corrected chi connectivity index (χ1v) is 11.1. The van der Waals surface area contributed by atoms with Crippen LogP contribution >= 0.6 is 11.6 Å². The fourth-order valence-electron chi connectivity index (χ4n) is 4.30. The van der Waals surface area contributed by atoms with Gasteiger partial charge in [0.2, 0.25) is 10.0 Å². The first kappa shape index (κ1) is 19.2. The number of hydrogen-bond acceptors (Lipinski definition) is 4. The normalized spacial score (nSPS) is 20.8. The van der Waals surface area contributed by atoms with Gasteiger partial charge in [-0.15, -0.1) is 0 Å². The molecule has 0 saturated heterocycles. The van der Waals surface area contributed by atoms with Gasteiger partial charge in [-0.25, -0.2) is 13.1 Å². The highest BCUT2D eigenvalue weighted by Gasteiger charge is 2.37. The molecule has 0 aromatic heterocycles. The van der Waals surface area contributed by atoms with E-state index in [1.807, 2.05) is 18.2 Å². The number of rotatable bonds is 6. The van der Waals surface area contributed by atoms with Crippen molar-refractivity contribution in [3.05, 3.63) is 58.6 Å². The van der Waals surface area contributed by atoms with Gasteiger partial charge in [0.05, 0.1) is 11.3 Å². The molecule has 2 aliphatic rings. The molecule has 1 aliphatic heterocycles. The Balaban J connectivity index is 1.53. The second-order valence-electron chi connectivity index (χ2n) is 7.35. The van der Waals surface area contributed by atoms with Crippen LogP contribution in [-0.4, -0.2) is 38.6 Å². The third-order valence-electron chi connectivity index (χ3n) is 5.44.